The van der Waals surface area contributed by atoms with Crippen molar-refractivity contribution in [1.29, 1.82) is 0 Å². The summed E-state index contributed by atoms with van der Waals surface area (Å²) in [5, 5.41) is 14.9. The molecule has 1 saturated heterocycles. The second kappa shape index (κ2) is 6.21. The first-order valence-corrected chi connectivity index (χ1v) is 7.24. The maximum Gasteiger partial charge on any atom is 0.328 e. The number of nitro groups is 1. The molecular weight excluding hydrogens is 352 g/mol. The molecule has 10 heteroatoms. The fourth-order valence-electron chi connectivity index (χ4n) is 2.29. The maximum absolute atomic E-state index is 11.8. The molecule has 3 rings (SSSR count). The van der Waals surface area contributed by atoms with E-state index in [0.717, 1.165) is 0 Å². The van der Waals surface area contributed by atoms with E-state index in [2.05, 4.69) is 0 Å². The number of nitrogens with one attached hydrogen (secondary N) is 2. The molecule has 25 heavy (non-hydrogen) atoms. The molecule has 0 aliphatic carbocycles. The molecule has 0 atom stereocenters. The van der Waals surface area contributed by atoms with Crippen molar-refractivity contribution >= 4 is 41.2 Å². The third kappa shape index (κ3) is 3.12. The first-order valence-electron chi connectivity index (χ1n) is 6.87. The summed E-state index contributed by atoms with van der Waals surface area (Å²) in [6, 6.07) is 6.31. The van der Waals surface area contributed by atoms with Crippen LogP contribution >= 0.6 is 11.6 Å². The van der Waals surface area contributed by atoms with Gasteiger partial charge in [-0.1, -0.05) is 11.6 Å². The van der Waals surface area contributed by atoms with Crippen molar-refractivity contribution in [1.82, 2.24) is 15.2 Å². The van der Waals surface area contributed by atoms with Crippen LogP contribution in [0.5, 0.6) is 0 Å². The van der Waals surface area contributed by atoms with Gasteiger partial charge in [0.05, 0.1) is 15.6 Å². The molecule has 1 aromatic carbocycles. The van der Waals surface area contributed by atoms with E-state index in [1.807, 2.05) is 10.6 Å². The number of rotatable bonds is 3. The fraction of sp³-hybridized carbons (Fsp3) is 0. The summed E-state index contributed by atoms with van der Waals surface area (Å²) < 4.78 is 1.55. The zero-order valence-electron chi connectivity index (χ0n) is 12.4. The third-order valence-corrected chi connectivity index (χ3v) is 3.72. The van der Waals surface area contributed by atoms with Gasteiger partial charge in [0.2, 0.25) is 0 Å². The number of barbiturate groups is 1. The quantitative estimate of drug-likeness (QED) is 0.374. The smallest absolute Gasteiger partial charge is 0.316 e. The van der Waals surface area contributed by atoms with E-state index in [1.54, 1.807) is 22.9 Å². The van der Waals surface area contributed by atoms with E-state index >= 15 is 0 Å². The summed E-state index contributed by atoms with van der Waals surface area (Å²) in [7, 11) is 0. The van der Waals surface area contributed by atoms with Crippen molar-refractivity contribution in [3.8, 4) is 5.69 Å². The van der Waals surface area contributed by atoms with Crippen molar-refractivity contribution in [2.75, 3.05) is 0 Å². The van der Waals surface area contributed by atoms with Crippen molar-refractivity contribution in [2.45, 2.75) is 0 Å². The number of nitrogens with zero attached hydrogens (tertiary/aromatic N) is 2. The number of carbonyl (C=O) groups excluding carboxylic acids is 3. The Morgan fingerprint density at radius 1 is 1.12 bits per heavy atom. The first kappa shape index (κ1) is 16.4. The van der Waals surface area contributed by atoms with Gasteiger partial charge in [0, 0.05) is 24.0 Å². The first-order chi connectivity index (χ1) is 11.9. The standard InChI is InChI=1S/C15H9ClN4O5/c16-11-7-9(20(24)25)3-4-12(11)19-5-1-2-8(19)6-10-13(21)17-15(23)18-14(10)22/h1-7H,(H2,17,18,21,22,23). The van der Waals surface area contributed by atoms with Crippen LogP contribution in [0.1, 0.15) is 5.69 Å². The van der Waals surface area contributed by atoms with Crippen molar-refractivity contribution in [2.24, 2.45) is 0 Å². The molecule has 126 valence electrons. The van der Waals surface area contributed by atoms with Crippen LogP contribution in [0.3, 0.4) is 0 Å². The van der Waals surface area contributed by atoms with Crippen LogP contribution < -0.4 is 10.6 Å². The molecule has 9 nitrogen and oxygen atoms in total. The number of hydrogen-bond donors (Lipinski definition) is 2. The molecule has 2 aromatic rings. The highest BCUT2D eigenvalue weighted by molar-refractivity contribution is 6.33. The van der Waals surface area contributed by atoms with Gasteiger partial charge in [-0.25, -0.2) is 4.79 Å². The topological polar surface area (TPSA) is 123 Å². The van der Waals surface area contributed by atoms with Gasteiger partial charge in [0.15, 0.2) is 0 Å². The van der Waals surface area contributed by atoms with Crippen molar-refractivity contribution in [3.63, 3.8) is 0 Å². The minimum absolute atomic E-state index is 0.123. The van der Waals surface area contributed by atoms with Gasteiger partial charge in [-0.2, -0.15) is 0 Å². The van der Waals surface area contributed by atoms with Gasteiger partial charge in [-0.05, 0) is 24.3 Å². The van der Waals surface area contributed by atoms with E-state index in [0.29, 0.717) is 11.4 Å². The van der Waals surface area contributed by atoms with Gasteiger partial charge in [-0.3, -0.25) is 30.3 Å². The summed E-state index contributed by atoms with van der Waals surface area (Å²) in [5.41, 5.74) is 0.435. The van der Waals surface area contributed by atoms with Crippen molar-refractivity contribution in [3.05, 3.63) is 62.9 Å². The zero-order valence-corrected chi connectivity index (χ0v) is 13.1. The molecule has 4 amide bonds. The number of nitro benzene ring substituents is 1. The largest absolute Gasteiger partial charge is 0.328 e. The number of aromatic nitrogens is 1. The summed E-state index contributed by atoms with van der Waals surface area (Å²) in [6.07, 6.45) is 2.90. The third-order valence-electron chi connectivity index (χ3n) is 3.42. The number of benzene rings is 1. The van der Waals surface area contributed by atoms with E-state index in [1.165, 1.54) is 24.3 Å². The molecule has 0 saturated carbocycles. The Labute approximate surface area is 145 Å². The highest BCUT2D eigenvalue weighted by Crippen LogP contribution is 2.27. The fourth-order valence-corrected chi connectivity index (χ4v) is 2.56. The van der Waals surface area contributed by atoms with E-state index in [9.17, 15) is 24.5 Å². The Kier molecular flexibility index (Phi) is 4.07. The van der Waals surface area contributed by atoms with Gasteiger partial charge in [0.1, 0.15) is 5.57 Å². The minimum atomic E-state index is -0.888. The van der Waals surface area contributed by atoms with Crippen LogP contribution in [-0.4, -0.2) is 27.3 Å². The van der Waals surface area contributed by atoms with Gasteiger partial charge in [-0.15, -0.1) is 0 Å². The SMILES string of the molecule is O=C1NC(=O)C(=Cc2cccn2-c2ccc([N+](=O)[O-])cc2Cl)C(=O)N1. The van der Waals surface area contributed by atoms with E-state index < -0.39 is 22.8 Å². The lowest BCUT2D eigenvalue weighted by molar-refractivity contribution is -0.384. The average Bonchev–Trinajstić information content (AvgIpc) is 2.98. The summed E-state index contributed by atoms with van der Waals surface area (Å²) in [4.78, 5) is 44.9. The number of imide groups is 2. The Bertz CT molecular complexity index is 941. The minimum Gasteiger partial charge on any atom is -0.316 e. The summed E-state index contributed by atoms with van der Waals surface area (Å²) in [6.45, 7) is 0. The van der Waals surface area contributed by atoms with Crippen LogP contribution in [0.25, 0.3) is 11.8 Å². The van der Waals surface area contributed by atoms with Gasteiger partial charge < -0.3 is 4.57 Å². The number of carbonyl (C=O) groups is 3. The second-order valence-electron chi connectivity index (χ2n) is 4.99. The molecule has 0 spiro atoms. The Hall–Kier alpha value is -3.46. The average molecular weight is 361 g/mol. The predicted octanol–water partition coefficient (Wildman–Crippen LogP) is 1.79. The zero-order chi connectivity index (χ0) is 18.1. The monoisotopic (exact) mass is 360 g/mol. The molecule has 2 heterocycles. The highest BCUT2D eigenvalue weighted by Gasteiger charge is 2.28. The molecule has 1 aromatic heterocycles. The van der Waals surface area contributed by atoms with Crippen molar-refractivity contribution < 1.29 is 19.3 Å². The number of urea groups is 1. The van der Waals surface area contributed by atoms with Crippen LogP contribution in [0.4, 0.5) is 10.5 Å². The van der Waals surface area contributed by atoms with E-state index in [-0.39, 0.29) is 16.3 Å². The lowest BCUT2D eigenvalue weighted by atomic mass is 10.1. The van der Waals surface area contributed by atoms with Crippen LogP contribution in [-0.2, 0) is 9.59 Å². The number of non-ortho nitro benzene ring substituents is 1. The Morgan fingerprint density at radius 3 is 2.40 bits per heavy atom. The number of halogens is 1. The molecule has 1 aliphatic heterocycles. The number of hydrogen-bond acceptors (Lipinski definition) is 5. The lowest BCUT2D eigenvalue weighted by Crippen LogP contribution is -2.51. The molecule has 1 fully saturated rings. The van der Waals surface area contributed by atoms with Crippen LogP contribution in [0, 0.1) is 10.1 Å². The molecule has 0 bridgehead atoms. The molecule has 1 aliphatic rings. The molecule has 0 unspecified atom stereocenters. The normalized spacial score (nSPS) is 14.1. The molecule has 0 radical (unpaired) electrons. The number of amides is 4. The van der Waals surface area contributed by atoms with Crippen LogP contribution in [0.15, 0.2) is 42.1 Å². The second-order valence-corrected chi connectivity index (χ2v) is 5.40. The molecule has 2 N–H and O–H groups in total. The lowest BCUT2D eigenvalue weighted by Gasteiger charge is -2.14. The Balaban J connectivity index is 2.03. The van der Waals surface area contributed by atoms with Crippen LogP contribution in [0.2, 0.25) is 5.02 Å². The van der Waals surface area contributed by atoms with Gasteiger partial charge >= 0.3 is 6.03 Å². The maximum atomic E-state index is 11.8. The van der Waals surface area contributed by atoms with E-state index in [4.69, 9.17) is 11.6 Å². The molecular formula is C15H9ClN4O5. The summed E-state index contributed by atoms with van der Waals surface area (Å²) >= 11 is 6.11. The highest BCUT2D eigenvalue weighted by atomic mass is 35.5. The Morgan fingerprint density at radius 2 is 1.80 bits per heavy atom. The van der Waals surface area contributed by atoms with Gasteiger partial charge in [0.25, 0.3) is 17.5 Å². The predicted molar refractivity (Wildman–Crippen MR) is 87.1 cm³/mol. The summed E-state index contributed by atoms with van der Waals surface area (Å²) in [5.74, 6) is -1.65.